The SMILES string of the molecule is CCCC(=O)Nc1cccc(CNC(=O)C2CC(=O)N(C3CCCCCC3)C2)c1. The van der Waals surface area contributed by atoms with Gasteiger partial charge in [-0.15, -0.1) is 0 Å². The van der Waals surface area contributed by atoms with Gasteiger partial charge in [0, 0.05) is 37.7 Å². The second-order valence-corrected chi connectivity index (χ2v) is 8.31. The minimum Gasteiger partial charge on any atom is -0.352 e. The van der Waals surface area contributed by atoms with Gasteiger partial charge in [0.15, 0.2) is 0 Å². The highest BCUT2D eigenvalue weighted by atomic mass is 16.2. The average Bonchev–Trinajstić information content (AvgIpc) is 2.91. The second-order valence-electron chi connectivity index (χ2n) is 8.31. The summed E-state index contributed by atoms with van der Waals surface area (Å²) in [4.78, 5) is 38.8. The molecule has 3 amide bonds. The van der Waals surface area contributed by atoms with Crippen LogP contribution in [0.2, 0.25) is 0 Å². The first kappa shape index (κ1) is 21.3. The zero-order valence-corrected chi connectivity index (χ0v) is 17.4. The topological polar surface area (TPSA) is 78.5 Å². The molecule has 2 N–H and O–H groups in total. The lowest BCUT2D eigenvalue weighted by Gasteiger charge is -2.27. The fourth-order valence-corrected chi connectivity index (χ4v) is 4.37. The van der Waals surface area contributed by atoms with Crippen molar-refractivity contribution in [3.63, 3.8) is 0 Å². The van der Waals surface area contributed by atoms with E-state index < -0.39 is 0 Å². The van der Waals surface area contributed by atoms with Crippen molar-refractivity contribution in [2.45, 2.75) is 77.3 Å². The van der Waals surface area contributed by atoms with Gasteiger partial charge in [-0.2, -0.15) is 0 Å². The molecule has 1 unspecified atom stereocenters. The molecule has 3 rings (SSSR count). The van der Waals surface area contributed by atoms with E-state index in [2.05, 4.69) is 10.6 Å². The van der Waals surface area contributed by atoms with Crippen LogP contribution in [0.15, 0.2) is 24.3 Å². The minimum absolute atomic E-state index is 0.00300. The van der Waals surface area contributed by atoms with Crippen LogP contribution >= 0.6 is 0 Å². The van der Waals surface area contributed by atoms with Gasteiger partial charge in [-0.1, -0.05) is 44.7 Å². The van der Waals surface area contributed by atoms with Crippen molar-refractivity contribution in [3.05, 3.63) is 29.8 Å². The minimum atomic E-state index is -0.266. The third kappa shape index (κ3) is 6.05. The van der Waals surface area contributed by atoms with Crippen LogP contribution in [0.5, 0.6) is 0 Å². The molecule has 2 aliphatic rings. The Morgan fingerprint density at radius 1 is 1.14 bits per heavy atom. The Balaban J connectivity index is 1.50. The van der Waals surface area contributed by atoms with E-state index in [1.54, 1.807) is 0 Å². The van der Waals surface area contributed by atoms with Crippen LogP contribution in [0.25, 0.3) is 0 Å². The Kier molecular flexibility index (Phi) is 7.67. The largest absolute Gasteiger partial charge is 0.352 e. The number of anilines is 1. The smallest absolute Gasteiger partial charge is 0.225 e. The summed E-state index contributed by atoms with van der Waals surface area (Å²) >= 11 is 0. The van der Waals surface area contributed by atoms with Gasteiger partial charge in [-0.3, -0.25) is 14.4 Å². The highest BCUT2D eigenvalue weighted by molar-refractivity contribution is 5.91. The molecule has 1 saturated carbocycles. The molecule has 0 bridgehead atoms. The molecule has 1 heterocycles. The molecular weight excluding hydrogens is 366 g/mol. The third-order valence-corrected chi connectivity index (χ3v) is 5.95. The molecule has 1 saturated heterocycles. The maximum atomic E-state index is 12.6. The fourth-order valence-electron chi connectivity index (χ4n) is 4.37. The highest BCUT2D eigenvalue weighted by Gasteiger charge is 2.37. The summed E-state index contributed by atoms with van der Waals surface area (Å²) in [7, 11) is 0. The number of carbonyl (C=O) groups is 3. The van der Waals surface area contributed by atoms with E-state index in [0.717, 1.165) is 30.5 Å². The Morgan fingerprint density at radius 2 is 1.90 bits per heavy atom. The number of likely N-dealkylation sites (tertiary alicyclic amines) is 1. The summed E-state index contributed by atoms with van der Waals surface area (Å²) in [5, 5.41) is 5.85. The Labute approximate surface area is 173 Å². The number of carbonyl (C=O) groups excluding carboxylic acids is 3. The first-order chi connectivity index (χ1) is 14.1. The van der Waals surface area contributed by atoms with Crippen LogP contribution < -0.4 is 10.6 Å². The molecule has 29 heavy (non-hydrogen) atoms. The molecular formula is C23H33N3O3. The summed E-state index contributed by atoms with van der Waals surface area (Å²) in [5.41, 5.74) is 1.67. The molecule has 158 valence electrons. The van der Waals surface area contributed by atoms with Crippen molar-refractivity contribution in [2.24, 2.45) is 5.92 Å². The third-order valence-electron chi connectivity index (χ3n) is 5.95. The summed E-state index contributed by atoms with van der Waals surface area (Å²) < 4.78 is 0. The normalized spacial score (nSPS) is 20.4. The molecule has 1 atom stereocenters. The Hall–Kier alpha value is -2.37. The lowest BCUT2D eigenvalue weighted by Crippen LogP contribution is -2.38. The summed E-state index contributed by atoms with van der Waals surface area (Å²) in [6.45, 7) is 2.91. The molecule has 1 aromatic carbocycles. The first-order valence-corrected chi connectivity index (χ1v) is 11.0. The zero-order chi connectivity index (χ0) is 20.6. The van der Waals surface area contributed by atoms with Gasteiger partial charge in [-0.05, 0) is 37.0 Å². The van der Waals surface area contributed by atoms with Gasteiger partial charge in [0.05, 0.1) is 5.92 Å². The molecule has 1 aliphatic carbocycles. The van der Waals surface area contributed by atoms with Crippen molar-refractivity contribution in [2.75, 3.05) is 11.9 Å². The van der Waals surface area contributed by atoms with Crippen LogP contribution in [0.3, 0.4) is 0 Å². The van der Waals surface area contributed by atoms with Gasteiger partial charge in [0.2, 0.25) is 17.7 Å². The summed E-state index contributed by atoms with van der Waals surface area (Å²) in [6.07, 6.45) is 8.60. The van der Waals surface area contributed by atoms with Gasteiger partial charge in [0.1, 0.15) is 0 Å². The average molecular weight is 400 g/mol. The van der Waals surface area contributed by atoms with Crippen molar-refractivity contribution in [3.8, 4) is 0 Å². The van der Waals surface area contributed by atoms with Crippen molar-refractivity contribution in [1.82, 2.24) is 10.2 Å². The van der Waals surface area contributed by atoms with E-state index in [9.17, 15) is 14.4 Å². The molecule has 6 heteroatoms. The maximum Gasteiger partial charge on any atom is 0.225 e. The second kappa shape index (κ2) is 10.4. The molecule has 0 radical (unpaired) electrons. The van der Waals surface area contributed by atoms with E-state index in [1.807, 2.05) is 36.1 Å². The molecule has 1 aliphatic heterocycles. The van der Waals surface area contributed by atoms with E-state index in [4.69, 9.17) is 0 Å². The zero-order valence-electron chi connectivity index (χ0n) is 17.4. The number of hydrogen-bond donors (Lipinski definition) is 2. The van der Waals surface area contributed by atoms with Gasteiger partial charge in [0.25, 0.3) is 0 Å². The van der Waals surface area contributed by atoms with Crippen LogP contribution in [0.4, 0.5) is 5.69 Å². The summed E-state index contributed by atoms with van der Waals surface area (Å²) in [5.74, 6) is -0.206. The molecule has 2 fully saturated rings. The summed E-state index contributed by atoms with van der Waals surface area (Å²) in [6, 6.07) is 7.83. The van der Waals surface area contributed by atoms with Gasteiger partial charge < -0.3 is 15.5 Å². The van der Waals surface area contributed by atoms with Crippen LogP contribution in [0.1, 0.15) is 70.3 Å². The van der Waals surface area contributed by atoms with Crippen LogP contribution in [-0.2, 0) is 20.9 Å². The fraction of sp³-hybridized carbons (Fsp3) is 0.609. The maximum absolute atomic E-state index is 12.6. The van der Waals surface area contributed by atoms with Crippen molar-refractivity contribution < 1.29 is 14.4 Å². The number of amides is 3. The lowest BCUT2D eigenvalue weighted by atomic mass is 10.1. The predicted octanol–water partition coefficient (Wildman–Crippen LogP) is 3.61. The number of benzene rings is 1. The molecule has 1 aromatic rings. The van der Waals surface area contributed by atoms with Crippen molar-refractivity contribution in [1.29, 1.82) is 0 Å². The van der Waals surface area contributed by atoms with Gasteiger partial charge in [-0.25, -0.2) is 0 Å². The predicted molar refractivity (Wildman–Crippen MR) is 113 cm³/mol. The Morgan fingerprint density at radius 3 is 2.62 bits per heavy atom. The lowest BCUT2D eigenvalue weighted by molar-refractivity contribution is -0.130. The van der Waals surface area contributed by atoms with Gasteiger partial charge >= 0.3 is 0 Å². The molecule has 0 spiro atoms. The van der Waals surface area contributed by atoms with Crippen LogP contribution in [0, 0.1) is 5.92 Å². The van der Waals surface area contributed by atoms with E-state index in [0.29, 0.717) is 32.0 Å². The standard InChI is InChI=1S/C23H33N3O3/c1-2-8-21(27)25-19-10-7-9-17(13-19)15-24-23(29)18-14-22(28)26(16-18)20-11-5-3-4-6-12-20/h7,9-10,13,18,20H,2-6,8,11-12,14-16H2,1H3,(H,24,29)(H,25,27). The molecule has 6 nitrogen and oxygen atoms in total. The Bertz CT molecular complexity index is 726. The number of nitrogens with zero attached hydrogens (tertiary/aromatic N) is 1. The molecule has 0 aromatic heterocycles. The van der Waals surface area contributed by atoms with E-state index in [1.165, 1.54) is 25.7 Å². The van der Waals surface area contributed by atoms with E-state index in [-0.39, 0.29) is 23.6 Å². The van der Waals surface area contributed by atoms with Crippen molar-refractivity contribution >= 4 is 23.4 Å². The number of rotatable bonds is 7. The first-order valence-electron chi connectivity index (χ1n) is 11.0. The number of nitrogens with one attached hydrogen (secondary N) is 2. The number of hydrogen-bond acceptors (Lipinski definition) is 3. The van der Waals surface area contributed by atoms with Crippen LogP contribution in [-0.4, -0.2) is 35.2 Å². The van der Waals surface area contributed by atoms with E-state index >= 15 is 0 Å². The monoisotopic (exact) mass is 399 g/mol. The quantitative estimate of drug-likeness (QED) is 0.688. The highest BCUT2D eigenvalue weighted by Crippen LogP contribution is 2.28.